The van der Waals surface area contributed by atoms with Gasteiger partial charge in [0.2, 0.25) is 21.8 Å². The molecule has 1 aromatic rings. The van der Waals surface area contributed by atoms with Crippen molar-refractivity contribution < 1.29 is 27.5 Å². The van der Waals surface area contributed by atoms with Gasteiger partial charge in [-0.2, -0.15) is 4.72 Å². The SMILES string of the molecule is COC(=O)C1CCCN1C(=O)CN1CCC[C@H](NS(=O)(=O)/C(C)=C/c2cc(Cl)ccc2S)C1=O. The summed E-state index contributed by atoms with van der Waals surface area (Å²) < 4.78 is 33.0. The summed E-state index contributed by atoms with van der Waals surface area (Å²) in [6.07, 6.45) is 3.48. The predicted octanol–water partition coefficient (Wildman–Crippen LogP) is 2.06. The van der Waals surface area contributed by atoms with Crippen LogP contribution in [0.25, 0.3) is 6.08 Å². The van der Waals surface area contributed by atoms with Crippen molar-refractivity contribution in [2.24, 2.45) is 0 Å². The Balaban J connectivity index is 1.68. The fourth-order valence-corrected chi connectivity index (χ4v) is 5.57. The van der Waals surface area contributed by atoms with Gasteiger partial charge in [0.25, 0.3) is 0 Å². The molecule has 0 saturated carbocycles. The van der Waals surface area contributed by atoms with E-state index in [0.29, 0.717) is 54.3 Å². The lowest BCUT2D eigenvalue weighted by Crippen LogP contribution is -2.55. The maximum Gasteiger partial charge on any atom is 0.328 e. The summed E-state index contributed by atoms with van der Waals surface area (Å²) in [5.74, 6) is -1.31. The van der Waals surface area contributed by atoms with Gasteiger partial charge in [0, 0.05) is 23.0 Å². The van der Waals surface area contributed by atoms with Crippen molar-refractivity contribution in [3.05, 3.63) is 33.7 Å². The highest BCUT2D eigenvalue weighted by Gasteiger charge is 2.38. The Morgan fingerprint density at radius 1 is 1.26 bits per heavy atom. The number of sulfonamides is 1. The van der Waals surface area contributed by atoms with Crippen molar-refractivity contribution in [2.45, 2.75) is 49.6 Å². The lowest BCUT2D eigenvalue weighted by Gasteiger charge is -2.33. The third kappa shape index (κ3) is 6.12. The standard InChI is InChI=1S/C22H28ClN3O6S2/c1-14(11-15-12-16(23)7-8-19(15)33)34(30,31)24-17-5-3-9-25(21(17)28)13-20(27)26-10-4-6-18(26)22(29)32-2/h7-8,11-12,17-18,24,33H,3-6,9-10,13H2,1-2H3/b14-11+/t17-,18?/m0/s1. The molecule has 1 unspecified atom stereocenters. The molecule has 186 valence electrons. The van der Waals surface area contributed by atoms with Gasteiger partial charge in [-0.1, -0.05) is 11.6 Å². The molecule has 0 spiro atoms. The van der Waals surface area contributed by atoms with Crippen LogP contribution in [0.3, 0.4) is 0 Å². The quantitative estimate of drug-likeness (QED) is 0.413. The number of ether oxygens (including phenoxy) is 1. The van der Waals surface area contributed by atoms with Crippen molar-refractivity contribution in [2.75, 3.05) is 26.7 Å². The number of nitrogens with one attached hydrogen (secondary N) is 1. The molecule has 2 aliphatic heterocycles. The number of benzene rings is 1. The van der Waals surface area contributed by atoms with Crippen molar-refractivity contribution in [1.82, 2.24) is 14.5 Å². The molecular formula is C22H28ClN3O6S2. The minimum absolute atomic E-state index is 0.00375. The summed E-state index contributed by atoms with van der Waals surface area (Å²) in [6.45, 7) is 1.95. The number of methoxy groups -OCH3 is 1. The molecule has 1 N–H and O–H groups in total. The zero-order chi connectivity index (χ0) is 25.0. The Hall–Kier alpha value is -2.08. The summed E-state index contributed by atoms with van der Waals surface area (Å²) in [4.78, 5) is 41.1. The smallest absolute Gasteiger partial charge is 0.328 e. The zero-order valence-corrected chi connectivity index (χ0v) is 21.5. The minimum Gasteiger partial charge on any atom is -0.467 e. The third-order valence-corrected chi connectivity index (χ3v) is 8.18. The first-order valence-electron chi connectivity index (χ1n) is 10.9. The number of carbonyl (C=O) groups is 3. The molecule has 2 heterocycles. The summed E-state index contributed by atoms with van der Waals surface area (Å²) in [5, 5.41) is 0.442. The second-order valence-corrected chi connectivity index (χ2v) is 11.1. The molecule has 2 aliphatic rings. The largest absolute Gasteiger partial charge is 0.467 e. The molecule has 9 nitrogen and oxygen atoms in total. The van der Waals surface area contributed by atoms with E-state index in [2.05, 4.69) is 17.4 Å². The second-order valence-electron chi connectivity index (χ2n) is 8.30. The molecule has 0 radical (unpaired) electrons. The molecule has 0 aromatic heterocycles. The Kier molecular flexibility index (Phi) is 8.66. The molecule has 0 bridgehead atoms. The van der Waals surface area contributed by atoms with E-state index in [1.54, 1.807) is 18.2 Å². The van der Waals surface area contributed by atoms with Crippen LogP contribution >= 0.6 is 24.2 Å². The number of allylic oxidation sites excluding steroid dienone is 1. The number of hydrogen-bond donors (Lipinski definition) is 2. The lowest BCUT2D eigenvalue weighted by atomic mass is 10.1. The van der Waals surface area contributed by atoms with E-state index in [-0.39, 0.29) is 17.4 Å². The number of amides is 2. The average molecular weight is 530 g/mol. The molecule has 3 rings (SSSR count). The van der Waals surface area contributed by atoms with E-state index in [9.17, 15) is 22.8 Å². The number of rotatable bonds is 7. The first-order chi connectivity index (χ1) is 16.0. The van der Waals surface area contributed by atoms with Crippen LogP contribution in [0.15, 0.2) is 28.0 Å². The molecule has 12 heteroatoms. The van der Waals surface area contributed by atoms with Crippen LogP contribution < -0.4 is 4.72 Å². The average Bonchev–Trinajstić information content (AvgIpc) is 3.28. The van der Waals surface area contributed by atoms with E-state index in [0.717, 1.165) is 0 Å². The number of piperidine rings is 1. The zero-order valence-electron chi connectivity index (χ0n) is 19.0. The van der Waals surface area contributed by atoms with Crippen LogP contribution in [-0.4, -0.2) is 74.8 Å². The van der Waals surface area contributed by atoms with Crippen LogP contribution in [0.5, 0.6) is 0 Å². The van der Waals surface area contributed by atoms with E-state index < -0.39 is 34.0 Å². The summed E-state index contributed by atoms with van der Waals surface area (Å²) in [5.41, 5.74) is 0.534. The van der Waals surface area contributed by atoms with Crippen molar-refractivity contribution >= 4 is 58.1 Å². The van der Waals surface area contributed by atoms with E-state index in [1.807, 2.05) is 0 Å². The van der Waals surface area contributed by atoms with Crippen LogP contribution in [0, 0.1) is 0 Å². The Bertz CT molecular complexity index is 1110. The third-order valence-electron chi connectivity index (χ3n) is 5.97. The van der Waals surface area contributed by atoms with Crippen LogP contribution in [0.2, 0.25) is 5.02 Å². The van der Waals surface area contributed by atoms with Crippen LogP contribution in [0.4, 0.5) is 0 Å². The minimum atomic E-state index is -3.98. The lowest BCUT2D eigenvalue weighted by molar-refractivity contribution is -0.152. The Morgan fingerprint density at radius 2 is 1.97 bits per heavy atom. The summed E-state index contributed by atoms with van der Waals surface area (Å²) in [7, 11) is -2.71. The number of carbonyl (C=O) groups excluding carboxylic acids is 3. The molecule has 2 atom stereocenters. The van der Waals surface area contributed by atoms with Crippen molar-refractivity contribution in [1.29, 1.82) is 0 Å². The number of hydrogen-bond acceptors (Lipinski definition) is 7. The first-order valence-corrected chi connectivity index (χ1v) is 13.2. The van der Waals surface area contributed by atoms with E-state index in [1.165, 1.54) is 29.9 Å². The van der Waals surface area contributed by atoms with Gasteiger partial charge in [-0.25, -0.2) is 13.2 Å². The molecule has 1 aromatic carbocycles. The monoisotopic (exact) mass is 529 g/mol. The van der Waals surface area contributed by atoms with Crippen LogP contribution in [0.1, 0.15) is 38.2 Å². The van der Waals surface area contributed by atoms with Crippen molar-refractivity contribution in [3.8, 4) is 0 Å². The van der Waals surface area contributed by atoms with Gasteiger partial charge in [-0.15, -0.1) is 12.6 Å². The number of likely N-dealkylation sites (tertiary alicyclic amines) is 2. The maximum atomic E-state index is 13.0. The number of halogens is 1. The van der Waals surface area contributed by atoms with Gasteiger partial charge < -0.3 is 14.5 Å². The van der Waals surface area contributed by atoms with E-state index >= 15 is 0 Å². The van der Waals surface area contributed by atoms with Gasteiger partial charge in [-0.3, -0.25) is 9.59 Å². The second kappa shape index (κ2) is 11.1. The number of nitrogens with zero attached hydrogens (tertiary/aromatic N) is 2. The van der Waals surface area contributed by atoms with Gasteiger partial charge in [0.1, 0.15) is 12.1 Å². The van der Waals surface area contributed by atoms with Gasteiger partial charge in [-0.05, 0) is 62.4 Å². The first kappa shape index (κ1) is 26.5. The maximum absolute atomic E-state index is 13.0. The highest BCUT2D eigenvalue weighted by Crippen LogP contribution is 2.24. The predicted molar refractivity (Wildman–Crippen MR) is 131 cm³/mol. The Morgan fingerprint density at radius 3 is 2.68 bits per heavy atom. The fraction of sp³-hybridized carbons (Fsp3) is 0.500. The molecular weight excluding hydrogens is 502 g/mol. The topological polar surface area (TPSA) is 113 Å². The number of thiol groups is 1. The van der Waals surface area contributed by atoms with E-state index in [4.69, 9.17) is 16.3 Å². The number of esters is 1. The fourth-order valence-electron chi connectivity index (χ4n) is 4.12. The molecule has 0 aliphatic carbocycles. The summed E-state index contributed by atoms with van der Waals surface area (Å²) >= 11 is 10.3. The van der Waals surface area contributed by atoms with Crippen molar-refractivity contribution in [3.63, 3.8) is 0 Å². The van der Waals surface area contributed by atoms with Gasteiger partial charge in [0.15, 0.2) is 0 Å². The molecule has 2 fully saturated rings. The molecule has 34 heavy (non-hydrogen) atoms. The highest BCUT2D eigenvalue weighted by molar-refractivity contribution is 7.93. The van der Waals surface area contributed by atoms with Crippen LogP contribution in [-0.2, 0) is 29.1 Å². The van der Waals surface area contributed by atoms with Gasteiger partial charge in [0.05, 0.1) is 18.6 Å². The van der Waals surface area contributed by atoms with Gasteiger partial charge >= 0.3 is 5.97 Å². The molecule has 2 amide bonds. The normalized spacial score (nSPS) is 21.6. The highest BCUT2D eigenvalue weighted by atomic mass is 35.5. The Labute approximate surface area is 209 Å². The molecule has 2 saturated heterocycles. The summed E-state index contributed by atoms with van der Waals surface area (Å²) in [6, 6.07) is 3.27.